The topological polar surface area (TPSA) is 116 Å². The molecule has 0 aromatic heterocycles. The number of carboxylic acid groups (broad SMARTS) is 1. The van der Waals surface area contributed by atoms with Gasteiger partial charge in [0.2, 0.25) is 5.91 Å². The lowest BCUT2D eigenvalue weighted by Gasteiger charge is -2.26. The molecule has 3 N–H and O–H groups in total. The minimum absolute atomic E-state index is 0.0253. The summed E-state index contributed by atoms with van der Waals surface area (Å²) in [5.41, 5.74) is 4.40. The lowest BCUT2D eigenvalue weighted by Crippen LogP contribution is -2.51. The molecule has 2 aromatic rings. The number of carbonyl (C=O) groups excluding carboxylic acids is 2. The highest BCUT2D eigenvalue weighted by Gasteiger charge is 2.41. The van der Waals surface area contributed by atoms with Crippen molar-refractivity contribution in [2.45, 2.75) is 43.9 Å². The Balaban J connectivity index is 1.41. The van der Waals surface area contributed by atoms with E-state index in [4.69, 9.17) is 4.74 Å². The molecule has 0 spiro atoms. The van der Waals surface area contributed by atoms with Crippen LogP contribution in [0.25, 0.3) is 11.1 Å². The molecule has 2 amide bonds. The number of nitrogens with zero attached hydrogens (tertiary/aromatic N) is 1. The molecule has 2 aromatic carbocycles. The van der Waals surface area contributed by atoms with Gasteiger partial charge in [0, 0.05) is 18.9 Å². The maximum Gasteiger partial charge on any atom is 0.407 e. The second-order valence-corrected chi connectivity index (χ2v) is 8.16. The molecule has 32 heavy (non-hydrogen) atoms. The smallest absolute Gasteiger partial charge is 0.407 e. The van der Waals surface area contributed by atoms with Crippen LogP contribution in [0.5, 0.6) is 0 Å². The van der Waals surface area contributed by atoms with Gasteiger partial charge in [-0.15, -0.1) is 0 Å². The molecule has 1 heterocycles. The first-order valence-corrected chi connectivity index (χ1v) is 10.7. The van der Waals surface area contributed by atoms with Crippen LogP contribution in [0.3, 0.4) is 0 Å². The fourth-order valence-corrected chi connectivity index (χ4v) is 4.61. The van der Waals surface area contributed by atoms with Gasteiger partial charge in [-0.05, 0) is 28.7 Å². The van der Waals surface area contributed by atoms with E-state index in [0.717, 1.165) is 27.2 Å². The van der Waals surface area contributed by atoms with Crippen molar-refractivity contribution in [2.75, 3.05) is 13.2 Å². The molecule has 8 nitrogen and oxygen atoms in total. The molecule has 0 saturated carbocycles. The highest BCUT2D eigenvalue weighted by Crippen LogP contribution is 2.44. The molecule has 0 radical (unpaired) electrons. The Labute approximate surface area is 185 Å². The van der Waals surface area contributed by atoms with Crippen LogP contribution in [0, 0.1) is 0 Å². The van der Waals surface area contributed by atoms with E-state index in [0.29, 0.717) is 0 Å². The number of β-amino-alcohol motifs (C(OH)–C–C–N with tert-alkyl or cyclic N) is 1. The predicted octanol–water partition coefficient (Wildman–Crippen LogP) is 2.35. The van der Waals surface area contributed by atoms with Crippen LogP contribution >= 0.6 is 0 Å². The number of carbonyl (C=O) groups is 3. The van der Waals surface area contributed by atoms with Crippen molar-refractivity contribution in [1.29, 1.82) is 0 Å². The van der Waals surface area contributed by atoms with Gasteiger partial charge in [-0.25, -0.2) is 9.59 Å². The van der Waals surface area contributed by atoms with Crippen LogP contribution < -0.4 is 5.32 Å². The fraction of sp³-hybridized carbons (Fsp3) is 0.375. The third kappa shape index (κ3) is 4.05. The molecular formula is C24H26N2O6. The van der Waals surface area contributed by atoms with Gasteiger partial charge in [-0.2, -0.15) is 0 Å². The second kappa shape index (κ2) is 9.00. The number of nitrogens with one attached hydrogen (secondary N) is 1. The van der Waals surface area contributed by atoms with E-state index >= 15 is 0 Å². The number of rotatable bonds is 6. The summed E-state index contributed by atoms with van der Waals surface area (Å²) in [7, 11) is 0. The summed E-state index contributed by atoms with van der Waals surface area (Å²) in [6.45, 7) is 1.76. The summed E-state index contributed by atoms with van der Waals surface area (Å²) in [5, 5.41) is 21.7. The summed E-state index contributed by atoms with van der Waals surface area (Å²) >= 11 is 0. The Hall–Kier alpha value is -3.39. The second-order valence-electron chi connectivity index (χ2n) is 8.16. The highest BCUT2D eigenvalue weighted by atomic mass is 16.5. The van der Waals surface area contributed by atoms with Crippen molar-refractivity contribution < 1.29 is 29.3 Å². The molecule has 4 rings (SSSR count). The molecule has 1 unspecified atom stereocenters. The van der Waals surface area contributed by atoms with Crippen molar-refractivity contribution in [3.63, 3.8) is 0 Å². The number of ether oxygens (including phenoxy) is 1. The van der Waals surface area contributed by atoms with Gasteiger partial charge in [0.1, 0.15) is 18.7 Å². The van der Waals surface area contributed by atoms with E-state index in [-0.39, 0.29) is 31.9 Å². The maximum atomic E-state index is 12.8. The molecule has 1 aliphatic heterocycles. The average molecular weight is 438 g/mol. The fourth-order valence-electron chi connectivity index (χ4n) is 4.61. The van der Waals surface area contributed by atoms with Crippen LogP contribution in [-0.4, -0.2) is 64.4 Å². The van der Waals surface area contributed by atoms with E-state index in [9.17, 15) is 24.6 Å². The number of aliphatic hydroxyl groups excluding tert-OH is 1. The normalized spacial score (nSPS) is 20.4. The van der Waals surface area contributed by atoms with E-state index < -0.39 is 36.2 Å². The van der Waals surface area contributed by atoms with Gasteiger partial charge in [0.25, 0.3) is 0 Å². The summed E-state index contributed by atoms with van der Waals surface area (Å²) in [4.78, 5) is 37.9. The zero-order valence-electron chi connectivity index (χ0n) is 17.7. The Morgan fingerprint density at radius 1 is 1.09 bits per heavy atom. The van der Waals surface area contributed by atoms with E-state index in [1.54, 1.807) is 6.92 Å². The summed E-state index contributed by atoms with van der Waals surface area (Å²) < 4.78 is 5.49. The number of aliphatic hydroxyl groups is 1. The molecular weight excluding hydrogens is 412 g/mol. The van der Waals surface area contributed by atoms with Gasteiger partial charge in [0.15, 0.2) is 0 Å². The van der Waals surface area contributed by atoms with Crippen molar-refractivity contribution >= 4 is 18.0 Å². The minimum atomic E-state index is -1.18. The molecule has 168 valence electrons. The van der Waals surface area contributed by atoms with Gasteiger partial charge in [0.05, 0.1) is 6.10 Å². The summed E-state index contributed by atoms with van der Waals surface area (Å²) in [6.07, 6.45) is -1.39. The first kappa shape index (κ1) is 21.8. The lowest BCUT2D eigenvalue weighted by atomic mass is 9.98. The zero-order valence-corrected chi connectivity index (χ0v) is 17.7. The number of fused-ring (bicyclic) bond motifs is 3. The van der Waals surface area contributed by atoms with Crippen LogP contribution in [0.1, 0.15) is 36.8 Å². The summed E-state index contributed by atoms with van der Waals surface area (Å²) in [5.74, 6) is -1.81. The molecule has 1 aliphatic carbocycles. The van der Waals surface area contributed by atoms with Crippen LogP contribution in [0.4, 0.5) is 4.79 Å². The number of amides is 2. The van der Waals surface area contributed by atoms with Gasteiger partial charge >= 0.3 is 12.1 Å². The lowest BCUT2D eigenvalue weighted by molar-refractivity contribution is -0.149. The Morgan fingerprint density at radius 2 is 1.69 bits per heavy atom. The van der Waals surface area contributed by atoms with Crippen LogP contribution in [0.15, 0.2) is 48.5 Å². The van der Waals surface area contributed by atoms with Crippen molar-refractivity contribution in [3.8, 4) is 11.1 Å². The number of carboxylic acids is 1. The zero-order chi connectivity index (χ0) is 22.8. The Bertz CT molecular complexity index is 993. The van der Waals surface area contributed by atoms with Crippen LogP contribution in [-0.2, 0) is 14.3 Å². The largest absolute Gasteiger partial charge is 0.480 e. The third-order valence-electron chi connectivity index (χ3n) is 6.19. The number of hydrogen-bond acceptors (Lipinski definition) is 5. The van der Waals surface area contributed by atoms with Crippen LogP contribution in [0.2, 0.25) is 0 Å². The van der Waals surface area contributed by atoms with Gasteiger partial charge in [-0.3, -0.25) is 4.79 Å². The molecule has 1 fully saturated rings. The predicted molar refractivity (Wildman–Crippen MR) is 116 cm³/mol. The highest BCUT2D eigenvalue weighted by molar-refractivity contribution is 5.90. The summed E-state index contributed by atoms with van der Waals surface area (Å²) in [6, 6.07) is 13.9. The van der Waals surface area contributed by atoms with Crippen molar-refractivity contribution in [2.24, 2.45) is 0 Å². The third-order valence-corrected chi connectivity index (χ3v) is 6.19. The molecule has 2 aliphatic rings. The first-order chi connectivity index (χ1) is 15.4. The SMILES string of the molecule is CCC(NC(=O)OCC1c2ccccc2-c2ccccc21)C(=O)N1C[C@@H](O)C[C@H]1C(=O)O. The minimum Gasteiger partial charge on any atom is -0.480 e. The number of aliphatic carboxylic acids is 1. The standard InChI is InChI=1S/C24H26N2O6/c1-2-20(22(28)26-12-14(27)11-21(26)23(29)30)25-24(31)32-13-19-17-9-5-3-7-15(17)16-8-4-6-10-18(16)19/h3-10,14,19-21,27H,2,11-13H2,1H3,(H,25,31)(H,29,30)/t14-,20?,21-/m0/s1. The molecule has 3 atom stereocenters. The van der Waals surface area contributed by atoms with Gasteiger partial charge < -0.3 is 25.2 Å². The maximum absolute atomic E-state index is 12.8. The number of alkyl carbamates (subject to hydrolysis) is 1. The Kier molecular flexibility index (Phi) is 6.14. The quantitative estimate of drug-likeness (QED) is 0.638. The van der Waals surface area contributed by atoms with E-state index in [2.05, 4.69) is 5.32 Å². The number of likely N-dealkylation sites (tertiary alicyclic amines) is 1. The number of benzene rings is 2. The molecule has 1 saturated heterocycles. The Morgan fingerprint density at radius 3 is 2.25 bits per heavy atom. The average Bonchev–Trinajstić information content (AvgIpc) is 3.34. The van der Waals surface area contributed by atoms with Crippen molar-refractivity contribution in [3.05, 3.63) is 59.7 Å². The number of hydrogen-bond donors (Lipinski definition) is 3. The molecule has 0 bridgehead atoms. The monoisotopic (exact) mass is 438 g/mol. The molecule has 8 heteroatoms. The van der Waals surface area contributed by atoms with Gasteiger partial charge in [-0.1, -0.05) is 55.5 Å². The van der Waals surface area contributed by atoms with E-state index in [1.807, 2.05) is 48.5 Å². The van der Waals surface area contributed by atoms with E-state index in [1.165, 1.54) is 0 Å². The van der Waals surface area contributed by atoms with Crippen molar-refractivity contribution in [1.82, 2.24) is 10.2 Å². The first-order valence-electron chi connectivity index (χ1n) is 10.7.